The van der Waals surface area contributed by atoms with Gasteiger partial charge in [0.15, 0.2) is 0 Å². The summed E-state index contributed by atoms with van der Waals surface area (Å²) in [5, 5.41) is 3.36. The Hall–Kier alpha value is -2.10. The molecule has 0 saturated carbocycles. The summed E-state index contributed by atoms with van der Waals surface area (Å²) in [6.45, 7) is 7.79. The van der Waals surface area contributed by atoms with Gasteiger partial charge in [-0.3, -0.25) is 0 Å². The average molecular weight is 299 g/mol. The highest BCUT2D eigenvalue weighted by Crippen LogP contribution is 2.16. The number of hydrogen-bond acceptors (Lipinski definition) is 4. The van der Waals surface area contributed by atoms with E-state index in [2.05, 4.69) is 48.2 Å². The zero-order chi connectivity index (χ0) is 15.8. The topological polar surface area (TPSA) is 47.0 Å². The summed E-state index contributed by atoms with van der Waals surface area (Å²) in [6, 6.07) is 12.2. The Morgan fingerprint density at radius 1 is 1.14 bits per heavy atom. The van der Waals surface area contributed by atoms with Gasteiger partial charge in [-0.15, -0.1) is 0 Å². The van der Waals surface area contributed by atoms with Crippen molar-refractivity contribution in [3.63, 3.8) is 0 Å². The lowest BCUT2D eigenvalue weighted by Crippen LogP contribution is -2.09. The molecular formula is C18H25N3O. The van der Waals surface area contributed by atoms with Gasteiger partial charge in [-0.1, -0.05) is 51.1 Å². The maximum atomic E-state index is 5.76. The lowest BCUT2D eigenvalue weighted by atomic mass is 10.2. The lowest BCUT2D eigenvalue weighted by Gasteiger charge is -2.12. The van der Waals surface area contributed by atoms with Crippen molar-refractivity contribution in [1.82, 2.24) is 9.97 Å². The van der Waals surface area contributed by atoms with Crippen LogP contribution < -0.4 is 10.1 Å². The van der Waals surface area contributed by atoms with E-state index in [9.17, 15) is 0 Å². The minimum Gasteiger partial charge on any atom is -0.477 e. The van der Waals surface area contributed by atoms with Crippen LogP contribution in [-0.4, -0.2) is 16.6 Å². The second kappa shape index (κ2) is 8.37. The van der Waals surface area contributed by atoms with Gasteiger partial charge in [-0.25, -0.2) is 4.98 Å². The third-order valence-electron chi connectivity index (χ3n) is 3.10. The van der Waals surface area contributed by atoms with E-state index in [4.69, 9.17) is 4.74 Å². The SMILES string of the molecule is CCCc1nc(NCc2ccccc2)cc(OCC(C)C)n1. The molecule has 0 amide bonds. The van der Waals surface area contributed by atoms with Crippen LogP contribution in [-0.2, 0) is 13.0 Å². The molecule has 1 N–H and O–H groups in total. The standard InChI is InChI=1S/C18H25N3O/c1-4-8-16-20-17(11-18(21-16)22-13-14(2)3)19-12-15-9-6-5-7-10-15/h5-7,9-11,14H,4,8,12-13H2,1-3H3,(H,19,20,21). The molecule has 1 aromatic carbocycles. The number of anilines is 1. The molecule has 1 heterocycles. The average Bonchev–Trinajstić information content (AvgIpc) is 2.52. The summed E-state index contributed by atoms with van der Waals surface area (Å²) in [7, 11) is 0. The Kier molecular flexibility index (Phi) is 6.19. The third kappa shape index (κ3) is 5.35. The fourth-order valence-corrected chi connectivity index (χ4v) is 2.01. The van der Waals surface area contributed by atoms with Gasteiger partial charge in [-0.2, -0.15) is 4.98 Å². The number of nitrogens with one attached hydrogen (secondary N) is 1. The maximum Gasteiger partial charge on any atom is 0.218 e. The molecule has 0 fully saturated rings. The first kappa shape index (κ1) is 16.3. The van der Waals surface area contributed by atoms with E-state index < -0.39 is 0 Å². The maximum absolute atomic E-state index is 5.76. The van der Waals surface area contributed by atoms with Crippen LogP contribution in [0.3, 0.4) is 0 Å². The van der Waals surface area contributed by atoms with Gasteiger partial charge in [0.25, 0.3) is 0 Å². The van der Waals surface area contributed by atoms with E-state index in [-0.39, 0.29) is 0 Å². The van der Waals surface area contributed by atoms with Crippen LogP contribution in [0.2, 0.25) is 0 Å². The molecule has 0 aliphatic carbocycles. The van der Waals surface area contributed by atoms with Crippen molar-refractivity contribution in [2.75, 3.05) is 11.9 Å². The third-order valence-corrected chi connectivity index (χ3v) is 3.10. The highest BCUT2D eigenvalue weighted by Gasteiger charge is 2.06. The van der Waals surface area contributed by atoms with Gasteiger partial charge in [0.2, 0.25) is 5.88 Å². The quantitative estimate of drug-likeness (QED) is 0.798. The number of aryl methyl sites for hydroxylation is 1. The summed E-state index contributed by atoms with van der Waals surface area (Å²) in [4.78, 5) is 9.04. The van der Waals surface area contributed by atoms with Gasteiger partial charge in [0, 0.05) is 19.0 Å². The zero-order valence-electron chi connectivity index (χ0n) is 13.7. The molecule has 0 bridgehead atoms. The highest BCUT2D eigenvalue weighted by atomic mass is 16.5. The molecule has 0 aliphatic rings. The lowest BCUT2D eigenvalue weighted by molar-refractivity contribution is 0.260. The largest absolute Gasteiger partial charge is 0.477 e. The van der Waals surface area contributed by atoms with E-state index >= 15 is 0 Å². The second-order valence-electron chi connectivity index (χ2n) is 5.80. The summed E-state index contributed by atoms with van der Waals surface area (Å²) >= 11 is 0. The van der Waals surface area contributed by atoms with Gasteiger partial charge >= 0.3 is 0 Å². The number of nitrogens with zero attached hydrogens (tertiary/aromatic N) is 2. The number of ether oxygens (including phenoxy) is 1. The molecule has 0 radical (unpaired) electrons. The van der Waals surface area contributed by atoms with Crippen LogP contribution in [0.5, 0.6) is 5.88 Å². The molecule has 0 saturated heterocycles. The van der Waals surface area contributed by atoms with Crippen LogP contribution in [0.4, 0.5) is 5.82 Å². The van der Waals surface area contributed by atoms with Crippen LogP contribution >= 0.6 is 0 Å². The van der Waals surface area contributed by atoms with Crippen molar-refractivity contribution in [2.45, 2.75) is 40.2 Å². The molecule has 118 valence electrons. The molecule has 0 unspecified atom stereocenters. The predicted octanol–water partition coefficient (Wildman–Crippen LogP) is 4.08. The normalized spacial score (nSPS) is 10.7. The van der Waals surface area contributed by atoms with Crippen molar-refractivity contribution in [2.24, 2.45) is 5.92 Å². The van der Waals surface area contributed by atoms with E-state index in [0.29, 0.717) is 18.4 Å². The summed E-state index contributed by atoms with van der Waals surface area (Å²) in [6.07, 6.45) is 1.88. The van der Waals surface area contributed by atoms with Crippen LogP contribution in [0.1, 0.15) is 38.6 Å². The fourth-order valence-electron chi connectivity index (χ4n) is 2.01. The van der Waals surface area contributed by atoms with Crippen LogP contribution in [0.15, 0.2) is 36.4 Å². The Morgan fingerprint density at radius 3 is 2.59 bits per heavy atom. The number of rotatable bonds is 8. The van der Waals surface area contributed by atoms with Crippen LogP contribution in [0, 0.1) is 5.92 Å². The molecule has 4 heteroatoms. The Morgan fingerprint density at radius 2 is 1.91 bits per heavy atom. The highest BCUT2D eigenvalue weighted by molar-refractivity contribution is 5.39. The smallest absolute Gasteiger partial charge is 0.218 e. The summed E-state index contributed by atoms with van der Waals surface area (Å²) < 4.78 is 5.76. The number of aromatic nitrogens is 2. The number of hydrogen-bond donors (Lipinski definition) is 1. The Labute approximate surface area is 133 Å². The van der Waals surface area contributed by atoms with Crippen molar-refractivity contribution >= 4 is 5.82 Å². The minimum atomic E-state index is 0.477. The zero-order valence-corrected chi connectivity index (χ0v) is 13.7. The predicted molar refractivity (Wildman–Crippen MR) is 90.1 cm³/mol. The number of benzene rings is 1. The molecule has 22 heavy (non-hydrogen) atoms. The second-order valence-corrected chi connectivity index (χ2v) is 5.80. The fraction of sp³-hybridized carbons (Fsp3) is 0.444. The van der Waals surface area contributed by atoms with Crippen molar-refractivity contribution in [3.05, 3.63) is 47.8 Å². The molecule has 0 aliphatic heterocycles. The molecule has 0 spiro atoms. The van der Waals surface area contributed by atoms with Gasteiger partial charge < -0.3 is 10.1 Å². The Bertz CT molecular complexity index is 570. The van der Waals surface area contributed by atoms with E-state index in [1.54, 1.807) is 0 Å². The van der Waals surface area contributed by atoms with Gasteiger partial charge in [-0.05, 0) is 17.9 Å². The molecular weight excluding hydrogens is 274 g/mol. The Balaban J connectivity index is 2.07. The van der Waals surface area contributed by atoms with Crippen LogP contribution in [0.25, 0.3) is 0 Å². The van der Waals surface area contributed by atoms with Gasteiger partial charge in [0.1, 0.15) is 11.6 Å². The molecule has 1 aromatic heterocycles. The minimum absolute atomic E-state index is 0.477. The molecule has 2 aromatic rings. The summed E-state index contributed by atoms with van der Waals surface area (Å²) in [5.74, 6) is 2.79. The first-order valence-electron chi connectivity index (χ1n) is 7.96. The van der Waals surface area contributed by atoms with E-state index in [0.717, 1.165) is 31.0 Å². The van der Waals surface area contributed by atoms with E-state index in [1.807, 2.05) is 24.3 Å². The van der Waals surface area contributed by atoms with Crippen molar-refractivity contribution in [1.29, 1.82) is 0 Å². The first-order chi connectivity index (χ1) is 10.7. The molecule has 4 nitrogen and oxygen atoms in total. The van der Waals surface area contributed by atoms with Crippen molar-refractivity contribution in [3.8, 4) is 5.88 Å². The van der Waals surface area contributed by atoms with Crippen molar-refractivity contribution < 1.29 is 4.74 Å². The van der Waals surface area contributed by atoms with Gasteiger partial charge in [0.05, 0.1) is 6.61 Å². The first-order valence-corrected chi connectivity index (χ1v) is 7.96. The molecule has 2 rings (SSSR count). The van der Waals surface area contributed by atoms with E-state index in [1.165, 1.54) is 5.56 Å². The summed E-state index contributed by atoms with van der Waals surface area (Å²) in [5.41, 5.74) is 1.22. The monoisotopic (exact) mass is 299 g/mol. The molecule has 0 atom stereocenters.